The fraction of sp³-hybridized carbons (Fsp3) is 0.400. The van der Waals surface area contributed by atoms with Gasteiger partial charge in [-0.2, -0.15) is 0 Å². The van der Waals surface area contributed by atoms with Crippen molar-refractivity contribution >= 4 is 46.6 Å². The number of fused-ring (bicyclic) bond motifs is 5. The normalized spacial score (nSPS) is 17.8. The average Bonchev–Trinajstić information content (AvgIpc) is 3.32. The summed E-state index contributed by atoms with van der Waals surface area (Å²) in [5, 5.41) is 0. The largest absolute Gasteiger partial charge is 0.493 e. The number of rotatable bonds is 7. The van der Waals surface area contributed by atoms with Gasteiger partial charge in [0.05, 0.1) is 7.11 Å². The number of hydrogen-bond acceptors (Lipinski definition) is 5. The fourth-order valence-electron chi connectivity index (χ4n) is 5.29. The van der Waals surface area contributed by atoms with Crippen LogP contribution in [0.15, 0.2) is 47.6 Å². The van der Waals surface area contributed by atoms with Gasteiger partial charge < -0.3 is 23.8 Å². The molecule has 1 atom stereocenters. The van der Waals surface area contributed by atoms with Crippen LogP contribution in [-0.2, 0) is 6.42 Å². The number of benzene rings is 2. The molecule has 0 unspecified atom stereocenters. The van der Waals surface area contributed by atoms with Crippen molar-refractivity contribution in [2.24, 2.45) is 0 Å². The van der Waals surface area contributed by atoms with E-state index in [4.69, 9.17) is 53.8 Å². The average molecular weight is 577 g/mol. The first-order valence-electron chi connectivity index (χ1n) is 12.8. The van der Waals surface area contributed by atoms with Gasteiger partial charge >= 0.3 is 0 Å². The molecule has 0 saturated heterocycles. The second kappa shape index (κ2) is 11.0. The number of methoxy groups -OCH3 is 1. The summed E-state index contributed by atoms with van der Waals surface area (Å²) in [6.07, 6.45) is 9.25. The molecule has 0 amide bonds. The molecule has 202 valence electrons. The van der Waals surface area contributed by atoms with Gasteiger partial charge in [-0.1, -0.05) is 58.1 Å². The molecule has 2 aromatic carbocycles. The molecule has 3 aliphatic heterocycles. The number of hydrogen-bond donors (Lipinski definition) is 0. The first-order valence-corrected chi connectivity index (χ1v) is 13.9. The summed E-state index contributed by atoms with van der Waals surface area (Å²) in [5.74, 6) is 2.71. The number of alkyl halides is 3. The molecule has 5 rings (SSSR count). The predicted octanol–water partition coefficient (Wildman–Crippen LogP) is 8.28. The molecule has 3 aliphatic rings. The van der Waals surface area contributed by atoms with Crippen LogP contribution in [0.1, 0.15) is 61.9 Å². The number of halogens is 3. The maximum atomic E-state index is 6.72. The first kappa shape index (κ1) is 27.1. The van der Waals surface area contributed by atoms with E-state index in [1.807, 2.05) is 18.2 Å². The SMILES string of the molecule is COc1ccc2c(c1OC/C=C(\C)CCC=C(C)C)[C@@H](C(Cl)(Cl)Cl)N1CCc3cc4c(cc3C1=C2)OCO4. The zero-order valence-electron chi connectivity index (χ0n) is 22.1. The molecule has 0 bridgehead atoms. The maximum Gasteiger partial charge on any atom is 0.231 e. The zero-order chi connectivity index (χ0) is 27.0. The molecule has 0 saturated carbocycles. The van der Waals surface area contributed by atoms with Crippen molar-refractivity contribution < 1.29 is 18.9 Å². The number of ether oxygens (including phenoxy) is 4. The van der Waals surface area contributed by atoms with E-state index in [1.54, 1.807) is 7.11 Å². The molecule has 8 heteroatoms. The Kier molecular flexibility index (Phi) is 7.82. The van der Waals surface area contributed by atoms with Crippen LogP contribution in [-0.4, -0.2) is 35.7 Å². The van der Waals surface area contributed by atoms with Crippen molar-refractivity contribution in [2.45, 2.75) is 49.9 Å². The van der Waals surface area contributed by atoms with Crippen LogP contribution < -0.4 is 18.9 Å². The Bertz CT molecular complexity index is 1320. The minimum absolute atomic E-state index is 0.226. The van der Waals surface area contributed by atoms with E-state index in [9.17, 15) is 0 Å². The molecule has 0 aliphatic carbocycles. The molecule has 2 aromatic rings. The van der Waals surface area contributed by atoms with Gasteiger partial charge in [0, 0.05) is 23.4 Å². The molecule has 5 nitrogen and oxygen atoms in total. The molecule has 0 N–H and O–H groups in total. The standard InChI is InChI=1S/C30H32Cl3NO4/c1-18(2)6-5-7-19(3)11-13-36-28-24(35-4)9-8-21-14-23-22-16-26-25(37-17-38-26)15-20(22)10-12-34(23)29(27(21)28)30(31,32)33/h6,8-9,11,14-16,29H,5,7,10,12-13,17H2,1-4H3/b19-11+/t29-/m0/s1. The Labute approximate surface area is 239 Å². The van der Waals surface area contributed by atoms with Crippen molar-refractivity contribution in [1.29, 1.82) is 0 Å². The van der Waals surface area contributed by atoms with Gasteiger partial charge in [-0.3, -0.25) is 0 Å². The van der Waals surface area contributed by atoms with Crippen molar-refractivity contribution in [1.82, 2.24) is 4.90 Å². The third-order valence-corrected chi connectivity index (χ3v) is 7.78. The lowest BCUT2D eigenvalue weighted by Crippen LogP contribution is -2.41. The second-order valence-corrected chi connectivity index (χ2v) is 12.4. The summed E-state index contributed by atoms with van der Waals surface area (Å²) in [5.41, 5.74) is 7.55. The first-order chi connectivity index (χ1) is 18.2. The van der Waals surface area contributed by atoms with Crippen molar-refractivity contribution in [3.05, 3.63) is 69.8 Å². The molecule has 0 aromatic heterocycles. The molecule has 38 heavy (non-hydrogen) atoms. The molecule has 0 fully saturated rings. The molecule has 0 spiro atoms. The third kappa shape index (κ3) is 5.34. The van der Waals surface area contributed by atoms with E-state index < -0.39 is 9.83 Å². The zero-order valence-corrected chi connectivity index (χ0v) is 24.3. The van der Waals surface area contributed by atoms with Crippen LogP contribution >= 0.6 is 34.8 Å². The number of allylic oxidation sites excluding steroid dienone is 3. The van der Waals surface area contributed by atoms with Gasteiger partial charge in [0.1, 0.15) is 12.6 Å². The minimum Gasteiger partial charge on any atom is -0.493 e. The highest BCUT2D eigenvalue weighted by molar-refractivity contribution is 6.68. The van der Waals surface area contributed by atoms with Gasteiger partial charge in [-0.05, 0) is 81.5 Å². The number of nitrogens with zero attached hydrogens (tertiary/aromatic N) is 1. The molecular weight excluding hydrogens is 545 g/mol. The fourth-order valence-corrected chi connectivity index (χ4v) is 5.97. The van der Waals surface area contributed by atoms with E-state index in [0.717, 1.165) is 53.1 Å². The summed E-state index contributed by atoms with van der Waals surface area (Å²) in [7, 11) is 1.63. The Hall–Kier alpha value is -2.47. The topological polar surface area (TPSA) is 40.2 Å². The van der Waals surface area contributed by atoms with E-state index in [2.05, 4.69) is 50.0 Å². The summed E-state index contributed by atoms with van der Waals surface area (Å²) >= 11 is 20.2. The Morgan fingerprint density at radius 1 is 1.11 bits per heavy atom. The summed E-state index contributed by atoms with van der Waals surface area (Å²) in [6.45, 7) is 7.65. The predicted molar refractivity (Wildman–Crippen MR) is 155 cm³/mol. The van der Waals surface area contributed by atoms with Crippen molar-refractivity contribution in [3.8, 4) is 23.0 Å². The van der Waals surface area contributed by atoms with Gasteiger partial charge in [-0.25, -0.2) is 0 Å². The van der Waals surface area contributed by atoms with E-state index in [0.29, 0.717) is 24.7 Å². The van der Waals surface area contributed by atoms with Gasteiger partial charge in [0.2, 0.25) is 10.6 Å². The molecule has 0 radical (unpaired) electrons. The second-order valence-electron chi connectivity index (χ2n) is 10.1. The third-order valence-electron chi connectivity index (χ3n) is 7.16. The van der Waals surface area contributed by atoms with E-state index in [1.165, 1.54) is 16.7 Å². The van der Waals surface area contributed by atoms with Crippen LogP contribution in [0.5, 0.6) is 23.0 Å². The lowest BCUT2D eigenvalue weighted by Gasteiger charge is -2.45. The van der Waals surface area contributed by atoms with Crippen LogP contribution in [0, 0.1) is 0 Å². The monoisotopic (exact) mass is 575 g/mol. The van der Waals surface area contributed by atoms with Crippen LogP contribution in [0.2, 0.25) is 0 Å². The highest BCUT2D eigenvalue weighted by Crippen LogP contribution is 2.56. The smallest absolute Gasteiger partial charge is 0.231 e. The summed E-state index contributed by atoms with van der Waals surface area (Å²) in [4.78, 5) is 2.16. The van der Waals surface area contributed by atoms with Crippen molar-refractivity contribution in [2.75, 3.05) is 27.1 Å². The highest BCUT2D eigenvalue weighted by Gasteiger charge is 2.46. The molecular formula is C30H32Cl3NO4. The Morgan fingerprint density at radius 3 is 2.58 bits per heavy atom. The van der Waals surface area contributed by atoms with Crippen LogP contribution in [0.25, 0.3) is 11.8 Å². The highest BCUT2D eigenvalue weighted by atomic mass is 35.6. The van der Waals surface area contributed by atoms with E-state index in [-0.39, 0.29) is 6.79 Å². The van der Waals surface area contributed by atoms with Gasteiger partial charge in [0.25, 0.3) is 0 Å². The minimum atomic E-state index is -1.62. The maximum absolute atomic E-state index is 6.72. The molecule has 3 heterocycles. The van der Waals surface area contributed by atoms with Gasteiger partial charge in [0.15, 0.2) is 23.0 Å². The summed E-state index contributed by atoms with van der Waals surface area (Å²) < 4.78 is 21.7. The Morgan fingerprint density at radius 2 is 1.87 bits per heavy atom. The summed E-state index contributed by atoms with van der Waals surface area (Å²) in [6, 6.07) is 7.42. The lowest BCUT2D eigenvalue weighted by atomic mass is 9.86. The van der Waals surface area contributed by atoms with E-state index >= 15 is 0 Å². The van der Waals surface area contributed by atoms with Crippen molar-refractivity contribution in [3.63, 3.8) is 0 Å². The van der Waals surface area contributed by atoms with Crippen LogP contribution in [0.3, 0.4) is 0 Å². The van der Waals surface area contributed by atoms with Crippen LogP contribution in [0.4, 0.5) is 0 Å². The lowest BCUT2D eigenvalue weighted by molar-refractivity contribution is 0.174. The quantitative estimate of drug-likeness (QED) is 0.245. The Balaban J connectivity index is 1.54. The van der Waals surface area contributed by atoms with Gasteiger partial charge in [-0.15, -0.1) is 0 Å².